The fraction of sp³-hybridized carbons (Fsp3) is 0. The molecule has 0 aromatic heterocycles. The zero-order valence-electron chi connectivity index (χ0n) is 5.59. The molecule has 0 N–H and O–H groups in total. The highest BCUT2D eigenvalue weighted by Gasteiger charge is 1.86. The molecule has 0 saturated heterocycles. The predicted octanol–water partition coefficient (Wildman–Crippen LogP) is 2.11. The molecule has 1 radical (unpaired) electrons. The van der Waals surface area contributed by atoms with Gasteiger partial charge in [-0.1, -0.05) is 18.6 Å². The normalized spacial score (nSPS) is 8.30. The molecule has 47 valence electrons. The van der Waals surface area contributed by atoms with E-state index in [1.807, 2.05) is 12.1 Å². The van der Waals surface area contributed by atoms with Gasteiger partial charge in [-0.05, 0) is 29.8 Å². The molecule has 0 aliphatic heterocycles. The molecule has 0 atom stereocenters. The summed E-state index contributed by atoms with van der Waals surface area (Å²) in [5.41, 5.74) is 1.85. The van der Waals surface area contributed by atoms with Gasteiger partial charge in [-0.2, -0.15) is 0 Å². The maximum atomic E-state index is 5.17. The van der Waals surface area contributed by atoms with E-state index in [0.29, 0.717) is 0 Å². The van der Waals surface area contributed by atoms with Crippen LogP contribution >= 0.6 is 0 Å². The maximum Gasteiger partial charge on any atom is 0.0254 e. The van der Waals surface area contributed by atoms with E-state index in [1.54, 1.807) is 12.1 Å². The summed E-state index contributed by atoms with van der Waals surface area (Å²) in [5, 5.41) is 0. The minimum atomic E-state index is 0.845. The van der Waals surface area contributed by atoms with E-state index in [9.17, 15) is 0 Å². The summed E-state index contributed by atoms with van der Waals surface area (Å²) in [6.07, 6.45) is 6.92. The van der Waals surface area contributed by atoms with Gasteiger partial charge < -0.3 is 0 Å². The first-order chi connectivity index (χ1) is 4.86. The molecule has 1 aromatic carbocycles. The highest BCUT2D eigenvalue weighted by atomic mass is 13.9. The predicted molar refractivity (Wildman–Crippen MR) is 43.3 cm³/mol. The van der Waals surface area contributed by atoms with Gasteiger partial charge in [-0.15, -0.1) is 6.42 Å². The third-order valence-electron chi connectivity index (χ3n) is 1.21. The van der Waals surface area contributed by atoms with Crippen LogP contribution in [-0.2, 0) is 0 Å². The number of benzene rings is 1. The fourth-order valence-electron chi connectivity index (χ4n) is 0.692. The van der Waals surface area contributed by atoms with Crippen LogP contribution in [0.2, 0.25) is 0 Å². The Morgan fingerprint density at radius 2 is 2.40 bits per heavy atom. The fourth-order valence-corrected chi connectivity index (χ4v) is 0.692. The molecule has 10 heavy (non-hydrogen) atoms. The van der Waals surface area contributed by atoms with Crippen LogP contribution in [0.3, 0.4) is 0 Å². The molecule has 1 rings (SSSR count). The van der Waals surface area contributed by atoms with Gasteiger partial charge in [-0.25, -0.2) is 0 Å². The quantitative estimate of drug-likeness (QED) is 0.507. The van der Waals surface area contributed by atoms with Gasteiger partial charge in [-0.3, -0.25) is 0 Å². The van der Waals surface area contributed by atoms with Crippen molar-refractivity contribution in [2.45, 2.75) is 0 Å². The largest absolute Gasteiger partial charge is 0.115 e. The SMILES string of the molecule is C#Cc1c[c]cc(C=C)c1. The van der Waals surface area contributed by atoms with Crippen molar-refractivity contribution in [2.24, 2.45) is 0 Å². The second-order valence-corrected chi connectivity index (χ2v) is 1.90. The van der Waals surface area contributed by atoms with Crippen LogP contribution in [-0.4, -0.2) is 0 Å². The standard InChI is InChI=1S/C10H7/c1-3-9-6-5-7-10(4-2)8-9/h1,4,6-8H,2H2. The van der Waals surface area contributed by atoms with Crippen LogP contribution in [0.15, 0.2) is 24.8 Å². The smallest absolute Gasteiger partial charge is 0.0254 e. The van der Waals surface area contributed by atoms with Crippen molar-refractivity contribution in [2.75, 3.05) is 0 Å². The van der Waals surface area contributed by atoms with Crippen molar-refractivity contribution in [1.29, 1.82) is 0 Å². The number of hydrogen-bond donors (Lipinski definition) is 0. The second kappa shape index (κ2) is 2.89. The Morgan fingerprint density at radius 3 is 3.00 bits per heavy atom. The van der Waals surface area contributed by atoms with E-state index in [2.05, 4.69) is 18.6 Å². The van der Waals surface area contributed by atoms with Crippen molar-refractivity contribution in [3.63, 3.8) is 0 Å². The zero-order chi connectivity index (χ0) is 7.40. The van der Waals surface area contributed by atoms with Crippen molar-refractivity contribution < 1.29 is 0 Å². The van der Waals surface area contributed by atoms with Gasteiger partial charge in [0.1, 0.15) is 0 Å². The lowest BCUT2D eigenvalue weighted by molar-refractivity contribution is 1.60. The topological polar surface area (TPSA) is 0 Å². The summed E-state index contributed by atoms with van der Waals surface area (Å²) in [7, 11) is 0. The van der Waals surface area contributed by atoms with Gasteiger partial charge in [0.2, 0.25) is 0 Å². The van der Waals surface area contributed by atoms with Crippen LogP contribution in [0.4, 0.5) is 0 Å². The molecule has 0 spiro atoms. The molecule has 0 aliphatic rings. The van der Waals surface area contributed by atoms with Gasteiger partial charge in [0.25, 0.3) is 0 Å². The molecule has 0 heteroatoms. The monoisotopic (exact) mass is 127 g/mol. The van der Waals surface area contributed by atoms with Crippen molar-refractivity contribution >= 4 is 6.08 Å². The first-order valence-electron chi connectivity index (χ1n) is 2.97. The Hall–Kier alpha value is -1.48. The summed E-state index contributed by atoms with van der Waals surface area (Å²) in [4.78, 5) is 0. The van der Waals surface area contributed by atoms with E-state index in [4.69, 9.17) is 6.42 Å². The van der Waals surface area contributed by atoms with Crippen LogP contribution in [0.1, 0.15) is 11.1 Å². The lowest BCUT2D eigenvalue weighted by atomic mass is 10.1. The lowest BCUT2D eigenvalue weighted by Gasteiger charge is -1.91. The van der Waals surface area contributed by atoms with Crippen LogP contribution < -0.4 is 0 Å². The molecule has 1 aromatic rings. The van der Waals surface area contributed by atoms with Crippen molar-refractivity contribution in [1.82, 2.24) is 0 Å². The molecule has 0 nitrogen and oxygen atoms in total. The summed E-state index contributed by atoms with van der Waals surface area (Å²) < 4.78 is 0. The third kappa shape index (κ3) is 1.27. The van der Waals surface area contributed by atoms with E-state index in [0.717, 1.165) is 11.1 Å². The van der Waals surface area contributed by atoms with Crippen LogP contribution in [0.25, 0.3) is 6.08 Å². The third-order valence-corrected chi connectivity index (χ3v) is 1.21. The van der Waals surface area contributed by atoms with Crippen molar-refractivity contribution in [3.05, 3.63) is 42.0 Å². The highest BCUT2D eigenvalue weighted by Crippen LogP contribution is 2.03. The molecule has 0 unspecified atom stereocenters. The molecule has 0 heterocycles. The Labute approximate surface area is 61.2 Å². The van der Waals surface area contributed by atoms with Gasteiger partial charge >= 0.3 is 0 Å². The molecule has 0 fully saturated rings. The summed E-state index contributed by atoms with van der Waals surface area (Å²) >= 11 is 0. The van der Waals surface area contributed by atoms with Gasteiger partial charge in [0.15, 0.2) is 0 Å². The zero-order valence-corrected chi connectivity index (χ0v) is 5.59. The van der Waals surface area contributed by atoms with Crippen LogP contribution in [0, 0.1) is 18.4 Å². The van der Waals surface area contributed by atoms with Gasteiger partial charge in [0, 0.05) is 5.56 Å². The van der Waals surface area contributed by atoms with Crippen LogP contribution in [0.5, 0.6) is 0 Å². The molecule has 0 bridgehead atoms. The van der Waals surface area contributed by atoms with E-state index < -0.39 is 0 Å². The first kappa shape index (κ1) is 6.64. The average Bonchev–Trinajstić information content (AvgIpc) is 2.05. The molecular weight excluding hydrogens is 120 g/mol. The maximum absolute atomic E-state index is 5.17. The summed E-state index contributed by atoms with van der Waals surface area (Å²) in [6, 6.07) is 8.42. The average molecular weight is 127 g/mol. The Morgan fingerprint density at radius 1 is 1.60 bits per heavy atom. The molecule has 0 amide bonds. The molecule has 0 saturated carbocycles. The van der Waals surface area contributed by atoms with E-state index in [-0.39, 0.29) is 0 Å². The van der Waals surface area contributed by atoms with Crippen molar-refractivity contribution in [3.8, 4) is 12.3 Å². The Balaban J connectivity index is 3.13. The Kier molecular flexibility index (Phi) is 1.92. The summed E-state index contributed by atoms with van der Waals surface area (Å²) in [6.45, 7) is 3.62. The molecular formula is C10H7. The van der Waals surface area contributed by atoms with E-state index in [1.165, 1.54) is 0 Å². The second-order valence-electron chi connectivity index (χ2n) is 1.90. The number of terminal acetylenes is 1. The first-order valence-corrected chi connectivity index (χ1v) is 2.97. The Bertz CT molecular complexity index is 276. The molecule has 0 aliphatic carbocycles. The minimum Gasteiger partial charge on any atom is -0.115 e. The number of hydrogen-bond acceptors (Lipinski definition) is 0. The number of rotatable bonds is 1. The minimum absolute atomic E-state index is 0.845. The van der Waals surface area contributed by atoms with E-state index >= 15 is 0 Å². The lowest BCUT2D eigenvalue weighted by Crippen LogP contribution is -1.74. The summed E-state index contributed by atoms with van der Waals surface area (Å²) in [5.74, 6) is 2.52. The van der Waals surface area contributed by atoms with Gasteiger partial charge in [0.05, 0.1) is 0 Å². The highest BCUT2D eigenvalue weighted by molar-refractivity contribution is 5.50.